The molecule has 0 bridgehead atoms. The van der Waals surface area contributed by atoms with Gasteiger partial charge in [-0.2, -0.15) is 0 Å². The van der Waals surface area contributed by atoms with Gasteiger partial charge in [-0.1, -0.05) is 48.0 Å². The van der Waals surface area contributed by atoms with E-state index in [9.17, 15) is 0 Å². The summed E-state index contributed by atoms with van der Waals surface area (Å²) in [4.78, 5) is 0. The largest absolute Gasteiger partial charge is 0.383 e. The van der Waals surface area contributed by atoms with Gasteiger partial charge in [-0.15, -0.1) is 0 Å². The van der Waals surface area contributed by atoms with Crippen molar-refractivity contribution < 1.29 is 4.74 Å². The van der Waals surface area contributed by atoms with E-state index >= 15 is 0 Å². The molecule has 0 aliphatic carbocycles. The van der Waals surface area contributed by atoms with Crippen molar-refractivity contribution in [1.82, 2.24) is 5.32 Å². The number of halogens is 1. The predicted molar refractivity (Wildman–Crippen MR) is 81.1 cm³/mol. The molecule has 0 heterocycles. The van der Waals surface area contributed by atoms with Crippen LogP contribution in [0, 0.1) is 5.92 Å². The molecule has 0 saturated heterocycles. The zero-order valence-corrected chi connectivity index (χ0v) is 13.2. The van der Waals surface area contributed by atoms with Crippen molar-refractivity contribution in [3.05, 3.63) is 34.3 Å². The van der Waals surface area contributed by atoms with E-state index in [1.165, 1.54) is 16.5 Å². The zero-order chi connectivity index (χ0) is 13.4. The second-order valence-corrected chi connectivity index (χ2v) is 5.90. The van der Waals surface area contributed by atoms with E-state index in [4.69, 9.17) is 4.74 Å². The van der Waals surface area contributed by atoms with E-state index in [0.29, 0.717) is 11.8 Å². The Hall–Kier alpha value is -0.380. The molecule has 102 valence electrons. The number of hydrogen-bond donors (Lipinski definition) is 1. The number of rotatable bonds is 8. The van der Waals surface area contributed by atoms with Gasteiger partial charge < -0.3 is 10.1 Å². The van der Waals surface area contributed by atoms with Crippen molar-refractivity contribution >= 4 is 15.9 Å². The average molecular weight is 314 g/mol. The number of nitrogens with one attached hydrogen (secondary N) is 1. The van der Waals surface area contributed by atoms with Gasteiger partial charge in [-0.05, 0) is 29.9 Å². The lowest BCUT2D eigenvalue weighted by atomic mass is 9.90. The molecule has 3 heteroatoms. The van der Waals surface area contributed by atoms with Gasteiger partial charge in [0.05, 0.1) is 6.61 Å². The molecule has 0 spiro atoms. The highest BCUT2D eigenvalue weighted by molar-refractivity contribution is 9.10. The maximum Gasteiger partial charge on any atom is 0.0587 e. The molecule has 0 amide bonds. The molecule has 0 aliphatic heterocycles. The third-order valence-corrected chi connectivity index (χ3v) is 3.70. The van der Waals surface area contributed by atoms with Crippen LogP contribution in [0.25, 0.3) is 0 Å². The summed E-state index contributed by atoms with van der Waals surface area (Å²) in [7, 11) is 1.74. The number of ether oxygens (including phenoxy) is 1. The van der Waals surface area contributed by atoms with Crippen LogP contribution in [0.4, 0.5) is 0 Å². The minimum atomic E-state index is 0.553. The maximum atomic E-state index is 5.06. The van der Waals surface area contributed by atoms with E-state index in [0.717, 1.165) is 19.7 Å². The molecule has 18 heavy (non-hydrogen) atoms. The van der Waals surface area contributed by atoms with Crippen molar-refractivity contribution in [1.29, 1.82) is 0 Å². The second-order valence-electron chi connectivity index (χ2n) is 5.04. The highest BCUT2D eigenvalue weighted by Crippen LogP contribution is 2.29. The van der Waals surface area contributed by atoms with Crippen molar-refractivity contribution in [2.75, 3.05) is 26.8 Å². The smallest absolute Gasteiger partial charge is 0.0587 e. The van der Waals surface area contributed by atoms with Crippen molar-refractivity contribution in [2.45, 2.75) is 26.2 Å². The molecule has 0 aliphatic rings. The van der Waals surface area contributed by atoms with E-state index in [2.05, 4.69) is 59.4 Å². The molecule has 1 unspecified atom stereocenters. The lowest BCUT2D eigenvalue weighted by molar-refractivity contribution is 0.198. The molecule has 0 aromatic heterocycles. The third kappa shape index (κ3) is 5.51. The fourth-order valence-electron chi connectivity index (χ4n) is 2.15. The Morgan fingerprint density at radius 2 is 2.00 bits per heavy atom. The van der Waals surface area contributed by atoms with Gasteiger partial charge in [0.25, 0.3) is 0 Å². The van der Waals surface area contributed by atoms with Crippen LogP contribution in [-0.4, -0.2) is 26.8 Å². The standard InChI is InChI=1S/C15H24BrNO/c1-12(2)10-13(11-17-8-9-18-3)14-6-4-5-7-15(14)16/h4-7,12-13,17H,8-11H2,1-3H3. The Morgan fingerprint density at radius 3 is 2.61 bits per heavy atom. The molecule has 0 saturated carbocycles. The average Bonchev–Trinajstić information content (AvgIpc) is 2.33. The van der Waals surface area contributed by atoms with Gasteiger partial charge in [0.15, 0.2) is 0 Å². The summed E-state index contributed by atoms with van der Waals surface area (Å²) in [5.41, 5.74) is 1.40. The van der Waals surface area contributed by atoms with Crippen LogP contribution >= 0.6 is 15.9 Å². The summed E-state index contributed by atoms with van der Waals surface area (Å²) in [5, 5.41) is 3.47. The summed E-state index contributed by atoms with van der Waals surface area (Å²) in [6.07, 6.45) is 1.20. The Labute approximate surface area is 119 Å². The first kappa shape index (κ1) is 15.7. The molecule has 1 N–H and O–H groups in total. The molecule has 2 nitrogen and oxygen atoms in total. The molecular formula is C15H24BrNO. The Kier molecular flexibility index (Phi) is 7.56. The van der Waals surface area contributed by atoms with E-state index in [-0.39, 0.29) is 0 Å². The van der Waals surface area contributed by atoms with Crippen LogP contribution in [-0.2, 0) is 4.74 Å². The monoisotopic (exact) mass is 313 g/mol. The number of hydrogen-bond acceptors (Lipinski definition) is 2. The lowest BCUT2D eigenvalue weighted by Gasteiger charge is -2.21. The number of benzene rings is 1. The molecule has 1 aromatic rings. The molecular weight excluding hydrogens is 290 g/mol. The summed E-state index contributed by atoms with van der Waals surface area (Å²) in [6, 6.07) is 8.52. The molecule has 0 fully saturated rings. The maximum absolute atomic E-state index is 5.06. The minimum absolute atomic E-state index is 0.553. The highest BCUT2D eigenvalue weighted by atomic mass is 79.9. The molecule has 1 aromatic carbocycles. The lowest BCUT2D eigenvalue weighted by Crippen LogP contribution is -2.26. The van der Waals surface area contributed by atoms with Gasteiger partial charge >= 0.3 is 0 Å². The molecule has 1 rings (SSSR count). The predicted octanol–water partition coefficient (Wildman–Crippen LogP) is 3.81. The quantitative estimate of drug-likeness (QED) is 0.737. The van der Waals surface area contributed by atoms with Gasteiger partial charge in [0, 0.05) is 24.7 Å². The fraction of sp³-hybridized carbons (Fsp3) is 0.600. The Bertz CT molecular complexity index is 341. The van der Waals surface area contributed by atoms with E-state index < -0.39 is 0 Å². The van der Waals surface area contributed by atoms with Crippen molar-refractivity contribution in [2.24, 2.45) is 5.92 Å². The normalized spacial score (nSPS) is 12.9. The van der Waals surface area contributed by atoms with Crippen molar-refractivity contribution in [3.63, 3.8) is 0 Å². The first-order valence-corrected chi connectivity index (χ1v) is 7.38. The van der Waals surface area contributed by atoms with Gasteiger partial charge in [0.1, 0.15) is 0 Å². The Morgan fingerprint density at radius 1 is 1.28 bits per heavy atom. The van der Waals surface area contributed by atoms with Gasteiger partial charge in [-0.25, -0.2) is 0 Å². The first-order valence-electron chi connectivity index (χ1n) is 6.59. The third-order valence-electron chi connectivity index (χ3n) is 2.97. The van der Waals surface area contributed by atoms with Gasteiger partial charge in [0.2, 0.25) is 0 Å². The number of methoxy groups -OCH3 is 1. The van der Waals surface area contributed by atoms with E-state index in [1.807, 2.05) is 0 Å². The summed E-state index contributed by atoms with van der Waals surface area (Å²) >= 11 is 3.66. The Balaban J connectivity index is 2.63. The summed E-state index contributed by atoms with van der Waals surface area (Å²) in [5.74, 6) is 1.25. The highest BCUT2D eigenvalue weighted by Gasteiger charge is 2.15. The zero-order valence-electron chi connectivity index (χ0n) is 11.6. The van der Waals surface area contributed by atoms with Crippen LogP contribution in [0.5, 0.6) is 0 Å². The van der Waals surface area contributed by atoms with Crippen LogP contribution in [0.2, 0.25) is 0 Å². The first-order chi connectivity index (χ1) is 8.65. The molecule has 1 atom stereocenters. The van der Waals surface area contributed by atoms with E-state index in [1.54, 1.807) is 7.11 Å². The van der Waals surface area contributed by atoms with Crippen molar-refractivity contribution in [3.8, 4) is 0 Å². The van der Waals surface area contributed by atoms with Crippen LogP contribution in [0.1, 0.15) is 31.7 Å². The SMILES string of the molecule is COCCNCC(CC(C)C)c1ccccc1Br. The van der Waals surface area contributed by atoms with Crippen LogP contribution < -0.4 is 5.32 Å². The topological polar surface area (TPSA) is 21.3 Å². The minimum Gasteiger partial charge on any atom is -0.383 e. The van der Waals surface area contributed by atoms with Crippen LogP contribution in [0.15, 0.2) is 28.7 Å². The molecule has 0 radical (unpaired) electrons. The summed E-state index contributed by atoms with van der Waals surface area (Å²) < 4.78 is 6.27. The van der Waals surface area contributed by atoms with Gasteiger partial charge in [-0.3, -0.25) is 0 Å². The summed E-state index contributed by atoms with van der Waals surface area (Å²) in [6.45, 7) is 7.24. The van der Waals surface area contributed by atoms with Crippen LogP contribution in [0.3, 0.4) is 0 Å². The second kappa shape index (κ2) is 8.68. The fourth-order valence-corrected chi connectivity index (χ4v) is 2.75.